The molecule has 3 amide bonds. The van der Waals surface area contributed by atoms with E-state index in [0.717, 1.165) is 25.7 Å². The number of nitrogens with one attached hydrogen (secondary N) is 4. The van der Waals surface area contributed by atoms with Crippen LogP contribution in [-0.4, -0.2) is 98.8 Å². The number of benzene rings is 1. The van der Waals surface area contributed by atoms with Crippen LogP contribution in [0.15, 0.2) is 42.5 Å². The lowest BCUT2D eigenvalue weighted by atomic mass is 9.87. The fourth-order valence-corrected chi connectivity index (χ4v) is 6.77. The predicted molar refractivity (Wildman–Crippen MR) is 233 cm³/mol. The van der Waals surface area contributed by atoms with E-state index in [1.807, 2.05) is 0 Å². The first-order chi connectivity index (χ1) is 27.9. The SMILES string of the molecule is CCCCCCCCCCCCC/C=C/[C@@H](O)[C@@H](N)C(O)C(=O)[C@@H](NC(=O)[C@@H](NC(NC(=O)[C@H](C)NC(=O)[C@H](C)N)(C(=O)c1ccccc1)C(O)CC)C(C)C)C(C)C. The topological polar surface area (TPSA) is 246 Å². The van der Waals surface area contributed by atoms with Gasteiger partial charge in [0.1, 0.15) is 12.1 Å². The molecule has 0 fully saturated rings. The number of hydrogen-bond acceptors (Lipinski definition) is 11. The summed E-state index contributed by atoms with van der Waals surface area (Å²) in [6.07, 6.45) is 12.7. The van der Waals surface area contributed by atoms with Crippen LogP contribution in [0.4, 0.5) is 0 Å². The van der Waals surface area contributed by atoms with Gasteiger partial charge in [-0.2, -0.15) is 0 Å². The Bertz CT molecular complexity index is 1440. The molecule has 336 valence electrons. The minimum absolute atomic E-state index is 0.0495. The molecule has 0 heterocycles. The zero-order valence-electron chi connectivity index (χ0n) is 37.0. The maximum atomic E-state index is 14.4. The standard InChI is InChI=1S/C45H78N6O8/c1-9-11-12-13-14-15-16-17-18-19-20-21-25-28-34(52)36(47)39(54)40(55)37(29(3)4)49-44(59)38(30(5)6)50-45(35(53)10-2,41(56)33-26-23-22-24-27-33)51-43(58)32(8)48-42(57)31(7)46/h22-32,34-39,50,52-54H,9-21,46-47H2,1-8H3,(H,48,57)(H,49,59)(H,51,58)/b28-25+/t31-,32-,34+,35?,36+,37-,38-,39?,45?/m0/s1. The van der Waals surface area contributed by atoms with Gasteiger partial charge in [-0.1, -0.05) is 148 Å². The second-order valence-electron chi connectivity index (χ2n) is 16.7. The van der Waals surface area contributed by atoms with E-state index in [1.54, 1.807) is 58.9 Å². The van der Waals surface area contributed by atoms with Crippen molar-refractivity contribution in [2.24, 2.45) is 23.3 Å². The normalized spacial score (nSPS) is 17.0. The van der Waals surface area contributed by atoms with Gasteiger partial charge >= 0.3 is 0 Å². The molecule has 11 N–H and O–H groups in total. The van der Waals surface area contributed by atoms with Gasteiger partial charge in [0, 0.05) is 5.56 Å². The number of aliphatic hydroxyl groups is 3. The summed E-state index contributed by atoms with van der Waals surface area (Å²) >= 11 is 0. The zero-order chi connectivity index (χ0) is 44.7. The van der Waals surface area contributed by atoms with Crippen LogP contribution in [0.1, 0.15) is 149 Å². The van der Waals surface area contributed by atoms with Gasteiger partial charge in [0.25, 0.3) is 0 Å². The van der Waals surface area contributed by atoms with Crippen molar-refractivity contribution in [3.05, 3.63) is 48.0 Å². The Balaban J connectivity index is 3.17. The highest BCUT2D eigenvalue weighted by molar-refractivity contribution is 6.06. The Morgan fingerprint density at radius 2 is 1.22 bits per heavy atom. The van der Waals surface area contributed by atoms with Crippen molar-refractivity contribution in [2.45, 2.75) is 193 Å². The molecule has 9 atom stereocenters. The van der Waals surface area contributed by atoms with Gasteiger partial charge in [-0.05, 0) is 44.9 Å². The molecule has 0 aliphatic heterocycles. The zero-order valence-corrected chi connectivity index (χ0v) is 37.0. The monoisotopic (exact) mass is 831 g/mol. The Morgan fingerprint density at radius 3 is 1.71 bits per heavy atom. The summed E-state index contributed by atoms with van der Waals surface area (Å²) in [4.78, 5) is 68.3. The number of aliphatic hydroxyl groups excluding tert-OH is 3. The maximum Gasteiger partial charge on any atom is 0.244 e. The van der Waals surface area contributed by atoms with Gasteiger partial charge < -0.3 is 42.7 Å². The van der Waals surface area contributed by atoms with Gasteiger partial charge in [-0.3, -0.25) is 29.3 Å². The number of carbonyl (C=O) groups excluding carboxylic acids is 5. The maximum absolute atomic E-state index is 14.4. The van der Waals surface area contributed by atoms with E-state index >= 15 is 0 Å². The van der Waals surface area contributed by atoms with Crippen molar-refractivity contribution in [2.75, 3.05) is 0 Å². The summed E-state index contributed by atoms with van der Waals surface area (Å²) in [5.41, 5.74) is 9.68. The van der Waals surface area contributed by atoms with Crippen molar-refractivity contribution < 1.29 is 39.3 Å². The Kier molecular flexibility index (Phi) is 25.5. The van der Waals surface area contributed by atoms with E-state index in [2.05, 4.69) is 28.2 Å². The highest BCUT2D eigenvalue weighted by atomic mass is 16.3. The number of nitrogens with two attached hydrogens (primary N) is 2. The van der Waals surface area contributed by atoms with E-state index in [-0.39, 0.29) is 12.0 Å². The molecule has 1 rings (SSSR count). The number of rotatable bonds is 31. The molecular weight excluding hydrogens is 753 g/mol. The first-order valence-electron chi connectivity index (χ1n) is 21.9. The molecule has 0 aliphatic rings. The third-order valence-corrected chi connectivity index (χ3v) is 10.7. The third kappa shape index (κ3) is 17.9. The Labute approximate surface area is 353 Å². The van der Waals surface area contributed by atoms with Crippen LogP contribution in [0.2, 0.25) is 0 Å². The average molecular weight is 831 g/mol. The fraction of sp³-hybridized carbons (Fsp3) is 0.711. The molecule has 0 saturated heterocycles. The molecule has 0 radical (unpaired) electrons. The van der Waals surface area contributed by atoms with Crippen LogP contribution in [-0.2, 0) is 19.2 Å². The summed E-state index contributed by atoms with van der Waals surface area (Å²) in [5, 5.41) is 44.2. The Morgan fingerprint density at radius 1 is 0.695 bits per heavy atom. The van der Waals surface area contributed by atoms with Crippen molar-refractivity contribution >= 4 is 29.3 Å². The number of Topliss-reactive ketones (excluding diaryl/α,β-unsaturated/α-hetero) is 2. The molecule has 0 bridgehead atoms. The van der Waals surface area contributed by atoms with Gasteiger partial charge in [-0.25, -0.2) is 0 Å². The van der Waals surface area contributed by atoms with E-state index in [0.29, 0.717) is 0 Å². The van der Waals surface area contributed by atoms with Crippen LogP contribution in [0.25, 0.3) is 0 Å². The van der Waals surface area contributed by atoms with Crippen LogP contribution in [0, 0.1) is 11.8 Å². The second-order valence-corrected chi connectivity index (χ2v) is 16.7. The summed E-state index contributed by atoms with van der Waals surface area (Å²) < 4.78 is 0. The molecule has 0 saturated carbocycles. The number of allylic oxidation sites excluding steroid dienone is 1. The molecule has 14 nitrogen and oxygen atoms in total. The molecule has 0 aromatic heterocycles. The first-order valence-corrected chi connectivity index (χ1v) is 21.9. The predicted octanol–water partition coefficient (Wildman–Crippen LogP) is 3.94. The van der Waals surface area contributed by atoms with E-state index in [4.69, 9.17) is 11.5 Å². The number of unbranched alkanes of at least 4 members (excludes halogenated alkanes) is 11. The van der Waals surface area contributed by atoms with Crippen LogP contribution in [0.3, 0.4) is 0 Å². The summed E-state index contributed by atoms with van der Waals surface area (Å²) in [6, 6.07) is 1.84. The van der Waals surface area contributed by atoms with E-state index in [9.17, 15) is 39.3 Å². The molecule has 0 aliphatic carbocycles. The molecule has 3 unspecified atom stereocenters. The summed E-state index contributed by atoms with van der Waals surface area (Å²) in [6.45, 7) is 13.3. The highest BCUT2D eigenvalue weighted by Gasteiger charge is 2.50. The molecule has 1 aromatic rings. The van der Waals surface area contributed by atoms with Gasteiger partial charge in [0.05, 0.1) is 36.4 Å². The lowest BCUT2D eigenvalue weighted by Gasteiger charge is -2.42. The largest absolute Gasteiger partial charge is 0.389 e. The lowest BCUT2D eigenvalue weighted by molar-refractivity contribution is -0.137. The van der Waals surface area contributed by atoms with Gasteiger partial charge in [0.15, 0.2) is 11.4 Å². The molecule has 0 spiro atoms. The highest BCUT2D eigenvalue weighted by Crippen LogP contribution is 2.22. The summed E-state index contributed by atoms with van der Waals surface area (Å²) in [5.74, 6) is -4.92. The Hall–Kier alpha value is -3.53. The van der Waals surface area contributed by atoms with Crippen LogP contribution < -0.4 is 32.7 Å². The number of carbonyl (C=O) groups is 5. The fourth-order valence-electron chi connectivity index (χ4n) is 6.77. The molecule has 1 aromatic carbocycles. The lowest BCUT2D eigenvalue weighted by Crippen LogP contribution is -2.75. The first kappa shape index (κ1) is 53.5. The van der Waals surface area contributed by atoms with Crippen molar-refractivity contribution in [3.63, 3.8) is 0 Å². The smallest absolute Gasteiger partial charge is 0.244 e. The summed E-state index contributed by atoms with van der Waals surface area (Å²) in [7, 11) is 0. The second kappa shape index (κ2) is 28.1. The van der Waals surface area contributed by atoms with Crippen molar-refractivity contribution in [1.82, 2.24) is 21.3 Å². The number of ketones is 2. The molecular formula is C45H78N6O8. The van der Waals surface area contributed by atoms with E-state index in [1.165, 1.54) is 83.4 Å². The quantitative estimate of drug-likeness (QED) is 0.0225. The third-order valence-electron chi connectivity index (χ3n) is 10.7. The molecule has 14 heteroatoms. The number of hydrogen-bond donors (Lipinski definition) is 9. The van der Waals surface area contributed by atoms with E-state index < -0.39 is 95.3 Å². The average Bonchev–Trinajstić information content (AvgIpc) is 3.21. The van der Waals surface area contributed by atoms with Crippen LogP contribution in [0.5, 0.6) is 0 Å². The van der Waals surface area contributed by atoms with Crippen molar-refractivity contribution in [1.29, 1.82) is 0 Å². The molecule has 59 heavy (non-hydrogen) atoms. The minimum atomic E-state index is -2.30. The number of amides is 3. The van der Waals surface area contributed by atoms with Crippen LogP contribution >= 0.6 is 0 Å². The van der Waals surface area contributed by atoms with Crippen molar-refractivity contribution in [3.8, 4) is 0 Å². The van der Waals surface area contributed by atoms with Gasteiger partial charge in [-0.15, -0.1) is 0 Å². The van der Waals surface area contributed by atoms with Gasteiger partial charge in [0.2, 0.25) is 23.5 Å². The minimum Gasteiger partial charge on any atom is -0.389 e.